The summed E-state index contributed by atoms with van der Waals surface area (Å²) in [6, 6.07) is 3.51. The third kappa shape index (κ3) is 5.34. The number of carbonyl (C=O) groups is 3. The van der Waals surface area contributed by atoms with Gasteiger partial charge in [-0.25, -0.2) is 9.18 Å². The predicted molar refractivity (Wildman–Crippen MR) is 63.7 cm³/mol. The molecular formula is C12H12FNO6. The molecule has 0 bridgehead atoms. The maximum atomic E-state index is 12.8. The summed E-state index contributed by atoms with van der Waals surface area (Å²) in [6.45, 7) is -0.549. The largest absolute Gasteiger partial charge is 0.484 e. The fraction of sp³-hybridized carbons (Fsp3) is 0.250. The van der Waals surface area contributed by atoms with E-state index >= 15 is 0 Å². The van der Waals surface area contributed by atoms with E-state index in [1.54, 1.807) is 0 Å². The van der Waals surface area contributed by atoms with Crippen LogP contribution in [-0.4, -0.2) is 40.7 Å². The molecule has 1 atom stereocenters. The van der Waals surface area contributed by atoms with E-state index in [4.69, 9.17) is 14.9 Å². The minimum atomic E-state index is -1.55. The van der Waals surface area contributed by atoms with Gasteiger partial charge < -0.3 is 20.3 Å². The van der Waals surface area contributed by atoms with E-state index in [2.05, 4.69) is 0 Å². The number of carbonyl (C=O) groups excluding carboxylic acids is 1. The van der Waals surface area contributed by atoms with E-state index in [1.165, 1.54) is 18.2 Å². The Labute approximate surface area is 113 Å². The third-order valence-electron chi connectivity index (χ3n) is 2.18. The Kier molecular flexibility index (Phi) is 5.45. The maximum absolute atomic E-state index is 12.8. The molecule has 20 heavy (non-hydrogen) atoms. The van der Waals surface area contributed by atoms with Crippen LogP contribution in [0.25, 0.3) is 0 Å². The van der Waals surface area contributed by atoms with E-state index < -0.39 is 42.7 Å². The van der Waals surface area contributed by atoms with Gasteiger partial charge in [0.15, 0.2) is 6.61 Å². The summed E-state index contributed by atoms with van der Waals surface area (Å²) in [5, 5.41) is 19.2. The van der Waals surface area contributed by atoms with Crippen molar-refractivity contribution in [1.29, 1.82) is 0 Å². The van der Waals surface area contributed by atoms with Gasteiger partial charge in [0.2, 0.25) is 0 Å². The monoisotopic (exact) mass is 285 g/mol. The number of rotatable bonds is 7. The Balaban J connectivity index is 2.49. The molecule has 1 aromatic rings. The number of halogens is 1. The molecule has 0 saturated carbocycles. The average molecular weight is 285 g/mol. The van der Waals surface area contributed by atoms with Crippen molar-refractivity contribution in [3.63, 3.8) is 0 Å². The molecule has 3 N–H and O–H groups in total. The predicted octanol–water partition coefficient (Wildman–Crippen LogP) is 0.249. The molecule has 0 saturated heterocycles. The van der Waals surface area contributed by atoms with E-state index in [0.29, 0.717) is 0 Å². The van der Waals surface area contributed by atoms with Crippen LogP contribution in [-0.2, 0) is 14.4 Å². The summed E-state index contributed by atoms with van der Waals surface area (Å²) >= 11 is 0. The first-order valence-electron chi connectivity index (χ1n) is 5.51. The van der Waals surface area contributed by atoms with Crippen molar-refractivity contribution in [2.24, 2.45) is 0 Å². The highest BCUT2D eigenvalue weighted by Crippen LogP contribution is 2.11. The second-order valence-electron chi connectivity index (χ2n) is 3.80. The summed E-state index contributed by atoms with van der Waals surface area (Å²) < 4.78 is 17.8. The number of carboxylic acid groups (broad SMARTS) is 2. The van der Waals surface area contributed by atoms with Crippen molar-refractivity contribution < 1.29 is 33.7 Å². The molecule has 108 valence electrons. The lowest BCUT2D eigenvalue weighted by Gasteiger charge is -2.12. The molecule has 0 aliphatic heterocycles. The SMILES string of the molecule is O=C(O)C[C@@H](NC(=O)COc1cccc(F)c1)C(=O)O. The lowest BCUT2D eigenvalue weighted by Crippen LogP contribution is -2.44. The smallest absolute Gasteiger partial charge is 0.326 e. The first-order chi connectivity index (χ1) is 9.38. The van der Waals surface area contributed by atoms with Crippen molar-refractivity contribution in [2.75, 3.05) is 6.61 Å². The van der Waals surface area contributed by atoms with E-state index in [9.17, 15) is 18.8 Å². The molecule has 0 aromatic heterocycles. The van der Waals surface area contributed by atoms with Crippen LogP contribution in [0, 0.1) is 5.82 Å². The fourth-order valence-electron chi connectivity index (χ4n) is 1.32. The van der Waals surface area contributed by atoms with Crippen molar-refractivity contribution in [3.05, 3.63) is 30.1 Å². The Morgan fingerprint density at radius 2 is 2.00 bits per heavy atom. The standard InChI is InChI=1S/C12H12FNO6/c13-7-2-1-3-8(4-7)20-6-10(15)14-9(12(18)19)5-11(16)17/h1-4,9H,5-6H2,(H,14,15)(H,16,17)(H,18,19)/t9-/m1/s1. The van der Waals surface area contributed by atoms with Crippen LogP contribution < -0.4 is 10.1 Å². The first-order valence-corrected chi connectivity index (χ1v) is 5.51. The van der Waals surface area contributed by atoms with Gasteiger partial charge in [-0.1, -0.05) is 6.07 Å². The van der Waals surface area contributed by atoms with Gasteiger partial charge in [-0.2, -0.15) is 0 Å². The van der Waals surface area contributed by atoms with Crippen LogP contribution in [0.4, 0.5) is 4.39 Å². The van der Waals surface area contributed by atoms with E-state index in [-0.39, 0.29) is 5.75 Å². The van der Waals surface area contributed by atoms with Gasteiger partial charge in [0.05, 0.1) is 6.42 Å². The van der Waals surface area contributed by atoms with Gasteiger partial charge in [0.1, 0.15) is 17.6 Å². The van der Waals surface area contributed by atoms with Crippen LogP contribution >= 0.6 is 0 Å². The Morgan fingerprint density at radius 1 is 1.30 bits per heavy atom. The number of hydrogen-bond donors (Lipinski definition) is 3. The van der Waals surface area contributed by atoms with E-state index in [1.807, 2.05) is 5.32 Å². The number of ether oxygens (including phenoxy) is 1. The highest BCUT2D eigenvalue weighted by molar-refractivity contribution is 5.87. The minimum Gasteiger partial charge on any atom is -0.484 e. The molecule has 0 fully saturated rings. The third-order valence-corrected chi connectivity index (χ3v) is 2.18. The normalized spacial score (nSPS) is 11.4. The second-order valence-corrected chi connectivity index (χ2v) is 3.80. The molecule has 1 rings (SSSR count). The van der Waals surface area contributed by atoms with Crippen LogP contribution in [0.15, 0.2) is 24.3 Å². The quantitative estimate of drug-likeness (QED) is 0.662. The topological polar surface area (TPSA) is 113 Å². The molecule has 0 heterocycles. The molecule has 7 nitrogen and oxygen atoms in total. The highest BCUT2D eigenvalue weighted by Gasteiger charge is 2.23. The van der Waals surface area contributed by atoms with Crippen LogP contribution in [0.3, 0.4) is 0 Å². The van der Waals surface area contributed by atoms with Gasteiger partial charge in [-0.3, -0.25) is 9.59 Å². The molecule has 0 unspecified atom stereocenters. The van der Waals surface area contributed by atoms with E-state index in [0.717, 1.165) is 6.07 Å². The molecule has 1 amide bonds. The van der Waals surface area contributed by atoms with Crippen molar-refractivity contribution in [2.45, 2.75) is 12.5 Å². The van der Waals surface area contributed by atoms with Crippen LogP contribution in [0.1, 0.15) is 6.42 Å². The fourth-order valence-corrected chi connectivity index (χ4v) is 1.32. The van der Waals surface area contributed by atoms with Crippen molar-refractivity contribution in [1.82, 2.24) is 5.32 Å². The highest BCUT2D eigenvalue weighted by atomic mass is 19.1. The zero-order chi connectivity index (χ0) is 15.1. The minimum absolute atomic E-state index is 0.102. The summed E-state index contributed by atoms with van der Waals surface area (Å²) in [5.41, 5.74) is 0. The number of nitrogens with one attached hydrogen (secondary N) is 1. The van der Waals surface area contributed by atoms with Crippen LogP contribution in [0.5, 0.6) is 5.75 Å². The molecule has 1 aromatic carbocycles. The second kappa shape index (κ2) is 7.07. The summed E-state index contributed by atoms with van der Waals surface area (Å²) in [7, 11) is 0. The Morgan fingerprint density at radius 3 is 2.55 bits per heavy atom. The number of aliphatic carboxylic acids is 2. The number of carboxylic acids is 2. The Hall–Kier alpha value is -2.64. The van der Waals surface area contributed by atoms with Crippen molar-refractivity contribution >= 4 is 17.8 Å². The van der Waals surface area contributed by atoms with Gasteiger partial charge in [0, 0.05) is 6.07 Å². The van der Waals surface area contributed by atoms with Crippen LogP contribution in [0.2, 0.25) is 0 Å². The van der Waals surface area contributed by atoms with Gasteiger partial charge in [0.25, 0.3) is 5.91 Å². The molecule has 0 aliphatic rings. The molecule has 8 heteroatoms. The zero-order valence-electron chi connectivity index (χ0n) is 10.2. The molecular weight excluding hydrogens is 273 g/mol. The lowest BCUT2D eigenvalue weighted by atomic mass is 10.2. The average Bonchev–Trinajstić information content (AvgIpc) is 2.35. The van der Waals surface area contributed by atoms with Gasteiger partial charge in [-0.15, -0.1) is 0 Å². The maximum Gasteiger partial charge on any atom is 0.326 e. The van der Waals surface area contributed by atoms with Gasteiger partial charge in [-0.05, 0) is 12.1 Å². The number of hydrogen-bond acceptors (Lipinski definition) is 4. The molecule has 0 spiro atoms. The lowest BCUT2D eigenvalue weighted by molar-refractivity contribution is -0.147. The number of amides is 1. The summed E-state index contributed by atoms with van der Waals surface area (Å²) in [5.74, 6) is -4.08. The Bertz CT molecular complexity index is 518. The first kappa shape index (κ1) is 15.4. The molecule has 0 aliphatic carbocycles. The van der Waals surface area contributed by atoms with Gasteiger partial charge >= 0.3 is 11.9 Å². The zero-order valence-corrected chi connectivity index (χ0v) is 10.2. The molecule has 0 radical (unpaired) electrons. The number of benzene rings is 1. The summed E-state index contributed by atoms with van der Waals surface area (Å²) in [6.07, 6.45) is -0.749. The van der Waals surface area contributed by atoms with Crippen molar-refractivity contribution in [3.8, 4) is 5.75 Å². The summed E-state index contributed by atoms with van der Waals surface area (Å²) in [4.78, 5) is 32.6.